The van der Waals surface area contributed by atoms with Crippen LogP contribution in [0.15, 0.2) is 54.7 Å². The van der Waals surface area contributed by atoms with Gasteiger partial charge in [0.2, 0.25) is 0 Å². The third kappa shape index (κ3) is 4.71. The van der Waals surface area contributed by atoms with Crippen LogP contribution in [0.1, 0.15) is 40.1 Å². The number of nitrogens with zero attached hydrogens (tertiary/aromatic N) is 3. The van der Waals surface area contributed by atoms with Crippen LogP contribution in [0, 0.1) is 12.7 Å². The Labute approximate surface area is 171 Å². The first-order valence-electron chi connectivity index (χ1n) is 9.74. The molecule has 1 heterocycles. The average molecular weight is 394 g/mol. The molecule has 152 valence electrons. The number of hydrogen-bond acceptors (Lipinski definition) is 3. The topological polar surface area (TPSA) is 50.2 Å². The van der Waals surface area contributed by atoms with E-state index in [-0.39, 0.29) is 17.8 Å². The van der Waals surface area contributed by atoms with Gasteiger partial charge in [0.25, 0.3) is 5.91 Å². The van der Waals surface area contributed by atoms with Gasteiger partial charge in [0, 0.05) is 6.54 Å². The summed E-state index contributed by atoms with van der Waals surface area (Å²) in [5.41, 5.74) is 4.34. The fourth-order valence-electron chi connectivity index (χ4n) is 3.41. The molecule has 0 aliphatic carbocycles. The number of aromatic nitrogens is 2. The zero-order valence-corrected chi connectivity index (χ0v) is 17.3. The first-order valence-corrected chi connectivity index (χ1v) is 9.74. The van der Waals surface area contributed by atoms with E-state index in [0.717, 1.165) is 16.9 Å². The number of carbonyl (C=O) groups excluding carboxylic acids is 1. The van der Waals surface area contributed by atoms with E-state index in [1.54, 1.807) is 12.3 Å². The molecule has 29 heavy (non-hydrogen) atoms. The van der Waals surface area contributed by atoms with Crippen LogP contribution >= 0.6 is 0 Å². The van der Waals surface area contributed by atoms with E-state index < -0.39 is 0 Å². The predicted octanol–water partition coefficient (Wildman–Crippen LogP) is 3.91. The van der Waals surface area contributed by atoms with Crippen molar-refractivity contribution in [3.8, 4) is 5.69 Å². The number of rotatable bonds is 7. The van der Waals surface area contributed by atoms with E-state index in [0.29, 0.717) is 18.5 Å². The van der Waals surface area contributed by atoms with Gasteiger partial charge < -0.3 is 10.2 Å². The van der Waals surface area contributed by atoms with Crippen molar-refractivity contribution in [1.82, 2.24) is 20.0 Å². The normalized spacial score (nSPS) is 12.2. The molecule has 0 aliphatic rings. The Hall–Kier alpha value is -2.99. The molecule has 1 amide bonds. The van der Waals surface area contributed by atoms with E-state index >= 15 is 0 Å². The maximum absolute atomic E-state index is 13.6. The lowest BCUT2D eigenvalue weighted by Crippen LogP contribution is -2.34. The summed E-state index contributed by atoms with van der Waals surface area (Å²) in [6, 6.07) is 14.4. The monoisotopic (exact) mass is 394 g/mol. The van der Waals surface area contributed by atoms with Crippen LogP contribution < -0.4 is 5.32 Å². The number of nitrogens with one attached hydrogen (secondary N) is 1. The molecule has 0 saturated carbocycles. The molecule has 3 rings (SSSR count). The van der Waals surface area contributed by atoms with Crippen molar-refractivity contribution >= 4 is 5.91 Å². The first kappa shape index (κ1) is 20.7. The summed E-state index contributed by atoms with van der Waals surface area (Å²) >= 11 is 0. The summed E-state index contributed by atoms with van der Waals surface area (Å²) in [4.78, 5) is 14.9. The molecule has 5 nitrogen and oxygen atoms in total. The van der Waals surface area contributed by atoms with Gasteiger partial charge in [-0.15, -0.1) is 0 Å². The fourth-order valence-corrected chi connectivity index (χ4v) is 3.41. The predicted molar refractivity (Wildman–Crippen MR) is 113 cm³/mol. The number of aryl methyl sites for hydroxylation is 1. The number of carbonyl (C=O) groups is 1. The van der Waals surface area contributed by atoms with Gasteiger partial charge in [-0.3, -0.25) is 4.79 Å². The van der Waals surface area contributed by atoms with Crippen LogP contribution in [0.2, 0.25) is 0 Å². The van der Waals surface area contributed by atoms with Crippen molar-refractivity contribution in [1.29, 1.82) is 0 Å². The lowest BCUT2D eigenvalue weighted by atomic mass is 10.1. The highest BCUT2D eigenvalue weighted by molar-refractivity contribution is 5.95. The Morgan fingerprint density at radius 2 is 1.93 bits per heavy atom. The zero-order valence-electron chi connectivity index (χ0n) is 17.3. The highest BCUT2D eigenvalue weighted by atomic mass is 19.1. The van der Waals surface area contributed by atoms with E-state index in [1.165, 1.54) is 17.7 Å². The highest BCUT2D eigenvalue weighted by Crippen LogP contribution is 2.20. The molecule has 2 aromatic carbocycles. The first-order chi connectivity index (χ1) is 13.9. The molecule has 3 aromatic rings. The van der Waals surface area contributed by atoms with Crippen LogP contribution in [0.3, 0.4) is 0 Å². The van der Waals surface area contributed by atoms with Gasteiger partial charge in [-0.2, -0.15) is 5.10 Å². The van der Waals surface area contributed by atoms with Crippen LogP contribution in [-0.4, -0.2) is 41.2 Å². The Morgan fingerprint density at radius 3 is 2.55 bits per heavy atom. The second-order valence-corrected chi connectivity index (χ2v) is 7.35. The van der Waals surface area contributed by atoms with Crippen LogP contribution in [0.25, 0.3) is 5.69 Å². The van der Waals surface area contributed by atoms with Gasteiger partial charge in [0.15, 0.2) is 0 Å². The lowest BCUT2D eigenvalue weighted by Gasteiger charge is -2.25. The SMILES string of the molecule is CCc1c(C(=O)NCC(c2cccc(F)c2)N(C)C)cnn1-c1ccc(C)cc1. The molecule has 0 aliphatic heterocycles. The van der Waals surface area contributed by atoms with Gasteiger partial charge in [-0.05, 0) is 57.3 Å². The van der Waals surface area contributed by atoms with Crippen molar-refractivity contribution < 1.29 is 9.18 Å². The Morgan fingerprint density at radius 1 is 1.21 bits per heavy atom. The van der Waals surface area contributed by atoms with Crippen LogP contribution in [0.5, 0.6) is 0 Å². The summed E-state index contributed by atoms with van der Waals surface area (Å²) < 4.78 is 15.4. The fraction of sp³-hybridized carbons (Fsp3) is 0.304. The number of likely N-dealkylation sites (N-methyl/N-ethyl adjacent to an activating group) is 1. The van der Waals surface area contributed by atoms with E-state index in [9.17, 15) is 9.18 Å². The molecule has 0 saturated heterocycles. The lowest BCUT2D eigenvalue weighted by molar-refractivity contribution is 0.0941. The second kappa shape index (κ2) is 9.01. The number of hydrogen-bond donors (Lipinski definition) is 1. The second-order valence-electron chi connectivity index (χ2n) is 7.35. The minimum absolute atomic E-state index is 0.133. The van der Waals surface area contributed by atoms with Gasteiger partial charge in [-0.1, -0.05) is 36.8 Å². The molecule has 0 spiro atoms. The van der Waals surface area contributed by atoms with Gasteiger partial charge in [-0.25, -0.2) is 9.07 Å². The molecule has 1 unspecified atom stereocenters. The summed E-state index contributed by atoms with van der Waals surface area (Å²) in [6.07, 6.45) is 2.29. The van der Waals surface area contributed by atoms with Crippen molar-refractivity contribution in [2.75, 3.05) is 20.6 Å². The van der Waals surface area contributed by atoms with Crippen molar-refractivity contribution in [2.45, 2.75) is 26.3 Å². The molecule has 6 heteroatoms. The average Bonchev–Trinajstić information content (AvgIpc) is 3.12. The maximum Gasteiger partial charge on any atom is 0.254 e. The largest absolute Gasteiger partial charge is 0.350 e. The standard InChI is InChI=1S/C23H27FN4O/c1-5-21-20(14-26-28(21)19-11-9-16(2)10-12-19)23(29)25-15-22(27(3)4)17-7-6-8-18(24)13-17/h6-14,22H,5,15H2,1-4H3,(H,25,29). The third-order valence-electron chi connectivity index (χ3n) is 5.04. The molecule has 0 radical (unpaired) electrons. The van der Waals surface area contributed by atoms with Crippen molar-refractivity contribution in [3.05, 3.63) is 82.9 Å². The zero-order chi connectivity index (χ0) is 21.0. The quantitative estimate of drug-likeness (QED) is 0.661. The highest BCUT2D eigenvalue weighted by Gasteiger charge is 2.20. The third-order valence-corrected chi connectivity index (χ3v) is 5.04. The number of halogens is 1. The number of benzene rings is 2. The van der Waals surface area contributed by atoms with Crippen molar-refractivity contribution in [3.63, 3.8) is 0 Å². The van der Waals surface area contributed by atoms with Crippen LogP contribution in [0.4, 0.5) is 4.39 Å². The van der Waals surface area contributed by atoms with Gasteiger partial charge >= 0.3 is 0 Å². The van der Waals surface area contributed by atoms with Crippen molar-refractivity contribution in [2.24, 2.45) is 0 Å². The maximum atomic E-state index is 13.6. The summed E-state index contributed by atoms with van der Waals surface area (Å²) in [6.45, 7) is 4.41. The minimum atomic E-state index is -0.284. The summed E-state index contributed by atoms with van der Waals surface area (Å²) in [7, 11) is 3.82. The molecule has 0 fully saturated rings. The van der Waals surface area contributed by atoms with E-state index in [4.69, 9.17) is 0 Å². The summed E-state index contributed by atoms with van der Waals surface area (Å²) in [5.74, 6) is -0.461. The smallest absolute Gasteiger partial charge is 0.254 e. The minimum Gasteiger partial charge on any atom is -0.350 e. The molecule has 1 N–H and O–H groups in total. The molecule has 0 bridgehead atoms. The van der Waals surface area contributed by atoms with Gasteiger partial charge in [0.05, 0.1) is 29.2 Å². The van der Waals surface area contributed by atoms with Crippen LogP contribution in [-0.2, 0) is 6.42 Å². The summed E-state index contributed by atoms with van der Waals surface area (Å²) in [5, 5.41) is 7.43. The number of amides is 1. The Kier molecular flexibility index (Phi) is 6.44. The molecule has 1 atom stereocenters. The molecule has 1 aromatic heterocycles. The van der Waals surface area contributed by atoms with E-state index in [1.807, 2.05) is 67.9 Å². The Bertz CT molecular complexity index is 979. The molecular formula is C23H27FN4O. The van der Waals surface area contributed by atoms with E-state index in [2.05, 4.69) is 10.4 Å². The molecular weight excluding hydrogens is 367 g/mol. The van der Waals surface area contributed by atoms with Gasteiger partial charge in [0.1, 0.15) is 5.82 Å². The Balaban J connectivity index is 1.79.